The van der Waals surface area contributed by atoms with Crippen molar-refractivity contribution in [2.24, 2.45) is 0 Å². The standard InChI is InChI=1S/C51H29N9/c1-3-11-34-28-56-43(24-30(34)9-1)50-58-49(59-51(60-50)44-25-31-10-2-4-12-35(31)29-57-44)38-22-36(45-39-15-7-17-52-41(39)26-32-13-5-19-54-47(32)45)21-37(23-38)46-40-16-8-18-53-42(40)27-33-14-6-20-55-48(33)46/h1-29H. The number of aromatic nitrogens is 9. The molecule has 12 rings (SSSR count). The summed E-state index contributed by atoms with van der Waals surface area (Å²) in [5.74, 6) is 1.34. The molecule has 60 heavy (non-hydrogen) atoms. The molecule has 0 atom stereocenters. The monoisotopic (exact) mass is 767 g/mol. The van der Waals surface area contributed by atoms with E-state index in [4.69, 9.17) is 44.9 Å². The summed E-state index contributed by atoms with van der Waals surface area (Å²) in [5.41, 5.74) is 9.24. The van der Waals surface area contributed by atoms with Crippen molar-refractivity contribution < 1.29 is 0 Å². The number of hydrogen-bond donors (Lipinski definition) is 0. The third kappa shape index (κ3) is 5.67. The lowest BCUT2D eigenvalue weighted by molar-refractivity contribution is 1.05. The van der Waals surface area contributed by atoms with Gasteiger partial charge in [0.05, 0.1) is 22.1 Å². The fourth-order valence-corrected chi connectivity index (χ4v) is 8.30. The quantitative estimate of drug-likeness (QED) is 0.158. The normalized spacial score (nSPS) is 11.7. The van der Waals surface area contributed by atoms with Crippen LogP contribution in [0.25, 0.3) is 122 Å². The third-order valence-corrected chi connectivity index (χ3v) is 11.1. The van der Waals surface area contributed by atoms with Crippen LogP contribution in [0.1, 0.15) is 0 Å². The van der Waals surface area contributed by atoms with Gasteiger partial charge in [0.15, 0.2) is 17.5 Å². The van der Waals surface area contributed by atoms with E-state index in [1.807, 2.05) is 110 Å². The second-order valence-electron chi connectivity index (χ2n) is 14.7. The Labute approximate surface area is 342 Å². The van der Waals surface area contributed by atoms with Gasteiger partial charge in [-0.3, -0.25) is 29.9 Å². The highest BCUT2D eigenvalue weighted by Crippen LogP contribution is 2.42. The molecule has 0 fully saturated rings. The van der Waals surface area contributed by atoms with Gasteiger partial charge in [-0.25, -0.2) is 15.0 Å². The van der Waals surface area contributed by atoms with E-state index in [0.717, 1.165) is 93.0 Å². The van der Waals surface area contributed by atoms with E-state index in [1.54, 1.807) is 0 Å². The summed E-state index contributed by atoms with van der Waals surface area (Å²) in [6, 6.07) is 47.2. The molecule has 278 valence electrons. The molecule has 12 aromatic rings. The molecule has 0 aliphatic carbocycles. The SMILES string of the molecule is c1ccc2cc(-c3nc(-c4cc(-c5c6cccnc6cc6cccnc56)cc(-c5c6cccnc6cc6cccnc56)c4)nc(-c4cc5ccccc5cn4)n3)ncc2c1. The summed E-state index contributed by atoms with van der Waals surface area (Å²) in [6.07, 6.45) is 11.0. The zero-order valence-electron chi connectivity index (χ0n) is 31.8. The average molecular weight is 768 g/mol. The maximum atomic E-state index is 5.22. The van der Waals surface area contributed by atoms with Crippen LogP contribution in [0, 0.1) is 0 Å². The van der Waals surface area contributed by atoms with Gasteiger partial charge in [-0.15, -0.1) is 0 Å². The summed E-state index contributed by atoms with van der Waals surface area (Å²) in [7, 11) is 0. The fraction of sp³-hybridized carbons (Fsp3) is 0. The Balaban J connectivity index is 1.18. The molecule has 0 amide bonds. The van der Waals surface area contributed by atoms with Gasteiger partial charge in [0.25, 0.3) is 0 Å². The number of rotatable bonds is 5. The summed E-state index contributed by atoms with van der Waals surface area (Å²) >= 11 is 0. The molecule has 9 heteroatoms. The molecule has 0 radical (unpaired) electrons. The van der Waals surface area contributed by atoms with E-state index in [9.17, 15) is 0 Å². The topological polar surface area (TPSA) is 116 Å². The van der Waals surface area contributed by atoms with Crippen molar-refractivity contribution in [1.82, 2.24) is 44.9 Å². The van der Waals surface area contributed by atoms with E-state index >= 15 is 0 Å². The molecule has 7 aromatic heterocycles. The molecular formula is C51H29N9. The maximum absolute atomic E-state index is 5.22. The van der Waals surface area contributed by atoms with Crippen LogP contribution < -0.4 is 0 Å². The molecule has 5 aromatic carbocycles. The molecule has 0 saturated heterocycles. The third-order valence-electron chi connectivity index (χ3n) is 11.1. The Morgan fingerprint density at radius 2 is 0.717 bits per heavy atom. The van der Waals surface area contributed by atoms with Gasteiger partial charge in [-0.05, 0) is 88.6 Å². The molecule has 0 aliphatic heterocycles. The van der Waals surface area contributed by atoms with Crippen molar-refractivity contribution in [3.63, 3.8) is 0 Å². The molecule has 0 N–H and O–H groups in total. The van der Waals surface area contributed by atoms with Gasteiger partial charge in [-0.2, -0.15) is 0 Å². The van der Waals surface area contributed by atoms with Crippen LogP contribution in [0.15, 0.2) is 177 Å². The minimum atomic E-state index is 0.436. The van der Waals surface area contributed by atoms with Crippen LogP contribution in [-0.2, 0) is 0 Å². The zero-order valence-corrected chi connectivity index (χ0v) is 31.8. The first-order valence-electron chi connectivity index (χ1n) is 19.6. The first-order chi connectivity index (χ1) is 29.7. The first kappa shape index (κ1) is 33.7. The molecule has 0 spiro atoms. The number of fused-ring (bicyclic) bond motifs is 6. The van der Waals surface area contributed by atoms with Gasteiger partial charge in [0.2, 0.25) is 0 Å². The van der Waals surface area contributed by atoms with Crippen molar-refractivity contribution in [1.29, 1.82) is 0 Å². The second-order valence-corrected chi connectivity index (χ2v) is 14.7. The van der Waals surface area contributed by atoms with E-state index in [1.165, 1.54) is 0 Å². The van der Waals surface area contributed by atoms with E-state index < -0.39 is 0 Å². The minimum Gasteiger partial charge on any atom is -0.256 e. The highest BCUT2D eigenvalue weighted by atomic mass is 15.1. The van der Waals surface area contributed by atoms with Crippen LogP contribution >= 0.6 is 0 Å². The predicted molar refractivity (Wildman–Crippen MR) is 239 cm³/mol. The first-order valence-corrected chi connectivity index (χ1v) is 19.6. The minimum absolute atomic E-state index is 0.436. The second kappa shape index (κ2) is 13.6. The van der Waals surface area contributed by atoms with Crippen LogP contribution in [-0.4, -0.2) is 44.9 Å². The van der Waals surface area contributed by atoms with E-state index in [2.05, 4.69) is 66.7 Å². The Bertz CT molecular complexity index is 3360. The number of benzene rings is 5. The Hall–Kier alpha value is -8.43. The lowest BCUT2D eigenvalue weighted by Crippen LogP contribution is -2.02. The van der Waals surface area contributed by atoms with Crippen molar-refractivity contribution in [3.8, 4) is 56.7 Å². The molecule has 0 unspecified atom stereocenters. The van der Waals surface area contributed by atoms with Gasteiger partial charge in [-0.1, -0.05) is 72.8 Å². The Kier molecular flexibility index (Phi) is 7.64. The van der Waals surface area contributed by atoms with Crippen LogP contribution in [0.4, 0.5) is 0 Å². The van der Waals surface area contributed by atoms with Gasteiger partial charge < -0.3 is 0 Å². The Morgan fingerprint density at radius 1 is 0.300 bits per heavy atom. The average Bonchev–Trinajstić information content (AvgIpc) is 3.31. The van der Waals surface area contributed by atoms with Crippen molar-refractivity contribution in [2.45, 2.75) is 0 Å². The largest absolute Gasteiger partial charge is 0.256 e. The molecule has 9 nitrogen and oxygen atoms in total. The summed E-state index contributed by atoms with van der Waals surface area (Å²) in [5, 5.41) is 8.06. The smallest absolute Gasteiger partial charge is 0.182 e. The highest BCUT2D eigenvalue weighted by molar-refractivity contribution is 6.13. The van der Waals surface area contributed by atoms with Crippen molar-refractivity contribution in [2.75, 3.05) is 0 Å². The molecule has 0 aliphatic rings. The zero-order chi connectivity index (χ0) is 39.6. The van der Waals surface area contributed by atoms with Gasteiger partial charge in [0, 0.05) is 86.2 Å². The summed E-state index contributed by atoms with van der Waals surface area (Å²) in [4.78, 5) is 44.7. The van der Waals surface area contributed by atoms with Crippen LogP contribution in [0.3, 0.4) is 0 Å². The lowest BCUT2D eigenvalue weighted by atomic mass is 9.90. The molecular weight excluding hydrogens is 739 g/mol. The Morgan fingerprint density at radius 3 is 1.23 bits per heavy atom. The van der Waals surface area contributed by atoms with E-state index in [0.29, 0.717) is 28.9 Å². The lowest BCUT2D eigenvalue weighted by Gasteiger charge is -2.16. The number of nitrogens with zero attached hydrogens (tertiary/aromatic N) is 9. The maximum Gasteiger partial charge on any atom is 0.182 e. The molecule has 0 bridgehead atoms. The highest BCUT2D eigenvalue weighted by Gasteiger charge is 2.21. The van der Waals surface area contributed by atoms with Gasteiger partial charge in [0.1, 0.15) is 11.4 Å². The van der Waals surface area contributed by atoms with Crippen molar-refractivity contribution in [3.05, 3.63) is 177 Å². The van der Waals surface area contributed by atoms with E-state index in [-0.39, 0.29) is 0 Å². The predicted octanol–water partition coefficient (Wildman–Crippen LogP) is 11.5. The number of hydrogen-bond acceptors (Lipinski definition) is 9. The summed E-state index contributed by atoms with van der Waals surface area (Å²) < 4.78 is 0. The van der Waals surface area contributed by atoms with Gasteiger partial charge >= 0.3 is 0 Å². The fourth-order valence-electron chi connectivity index (χ4n) is 8.30. The molecule has 0 saturated carbocycles. The van der Waals surface area contributed by atoms with Crippen LogP contribution in [0.5, 0.6) is 0 Å². The summed E-state index contributed by atoms with van der Waals surface area (Å²) in [6.45, 7) is 0. The molecule has 7 heterocycles. The number of pyridine rings is 6. The van der Waals surface area contributed by atoms with Crippen molar-refractivity contribution >= 4 is 65.2 Å². The van der Waals surface area contributed by atoms with Crippen LogP contribution in [0.2, 0.25) is 0 Å².